The van der Waals surface area contributed by atoms with Crippen LogP contribution in [-0.4, -0.2) is 25.4 Å². The molecule has 1 amide bonds. The van der Waals surface area contributed by atoms with Gasteiger partial charge in [-0.15, -0.1) is 11.6 Å². The number of rotatable bonds is 7. The molecule has 5 heteroatoms. The maximum atomic E-state index is 13.6. The van der Waals surface area contributed by atoms with E-state index in [-0.39, 0.29) is 5.56 Å². The predicted molar refractivity (Wildman–Crippen MR) is 74.4 cm³/mol. The summed E-state index contributed by atoms with van der Waals surface area (Å²) in [5.41, 5.74) is 0.0335. The highest BCUT2D eigenvalue weighted by molar-refractivity contribution is 6.18. The fourth-order valence-corrected chi connectivity index (χ4v) is 1.79. The third-order valence-corrected chi connectivity index (χ3v) is 3.37. The van der Waals surface area contributed by atoms with E-state index in [1.54, 1.807) is 6.07 Å². The highest BCUT2D eigenvalue weighted by atomic mass is 35.5. The van der Waals surface area contributed by atoms with Crippen LogP contribution in [0.25, 0.3) is 0 Å². The summed E-state index contributed by atoms with van der Waals surface area (Å²) in [5, 5.41) is 2.69. The van der Waals surface area contributed by atoms with Crippen molar-refractivity contribution in [2.75, 3.05) is 19.5 Å². The van der Waals surface area contributed by atoms with Crippen LogP contribution in [0.1, 0.15) is 30.1 Å². The number of ether oxygens (including phenoxy) is 1. The van der Waals surface area contributed by atoms with Crippen LogP contribution in [-0.2, 0) is 0 Å². The molecule has 0 spiro atoms. The number of methoxy groups -OCH3 is 1. The number of hydrogen-bond acceptors (Lipinski definition) is 2. The van der Waals surface area contributed by atoms with Gasteiger partial charge in [-0.1, -0.05) is 6.92 Å². The number of amides is 1. The molecule has 0 saturated heterocycles. The zero-order valence-corrected chi connectivity index (χ0v) is 12.0. The van der Waals surface area contributed by atoms with Gasteiger partial charge < -0.3 is 10.1 Å². The molecule has 0 bridgehead atoms. The van der Waals surface area contributed by atoms with Gasteiger partial charge >= 0.3 is 0 Å². The van der Waals surface area contributed by atoms with Crippen LogP contribution in [0.2, 0.25) is 0 Å². The number of alkyl halides is 1. The number of hydrogen-bond donors (Lipinski definition) is 1. The van der Waals surface area contributed by atoms with Crippen molar-refractivity contribution in [3.05, 3.63) is 29.6 Å². The SMILES string of the molecule is COc1ccc(C(=O)NCCCC(C)CCl)c(F)c1. The molecule has 106 valence electrons. The second-order valence-corrected chi connectivity index (χ2v) is 4.81. The normalized spacial score (nSPS) is 12.0. The molecule has 19 heavy (non-hydrogen) atoms. The summed E-state index contributed by atoms with van der Waals surface area (Å²) in [5.74, 6) is 0.451. The Labute approximate surface area is 118 Å². The third-order valence-electron chi connectivity index (χ3n) is 2.84. The molecule has 0 aromatic heterocycles. The first kappa shape index (κ1) is 15.8. The summed E-state index contributed by atoms with van der Waals surface area (Å²) >= 11 is 5.69. The van der Waals surface area contributed by atoms with Crippen molar-refractivity contribution < 1.29 is 13.9 Å². The van der Waals surface area contributed by atoms with Gasteiger partial charge in [0.1, 0.15) is 11.6 Å². The lowest BCUT2D eigenvalue weighted by Gasteiger charge is -2.09. The molecular weight excluding hydrogens is 269 g/mol. The van der Waals surface area contributed by atoms with E-state index in [1.807, 2.05) is 0 Å². The molecule has 1 aromatic carbocycles. The summed E-state index contributed by atoms with van der Waals surface area (Å²) in [6.07, 6.45) is 1.77. The highest BCUT2D eigenvalue weighted by Crippen LogP contribution is 2.16. The van der Waals surface area contributed by atoms with E-state index in [2.05, 4.69) is 12.2 Å². The summed E-state index contributed by atoms with van der Waals surface area (Å²) in [4.78, 5) is 11.8. The van der Waals surface area contributed by atoms with E-state index in [0.29, 0.717) is 24.1 Å². The van der Waals surface area contributed by atoms with E-state index < -0.39 is 11.7 Å². The lowest BCUT2D eigenvalue weighted by Crippen LogP contribution is -2.25. The van der Waals surface area contributed by atoms with Gasteiger partial charge in [-0.05, 0) is 30.9 Å². The molecule has 0 aliphatic carbocycles. The van der Waals surface area contributed by atoms with Crippen molar-refractivity contribution in [1.82, 2.24) is 5.32 Å². The van der Waals surface area contributed by atoms with Gasteiger partial charge in [0.15, 0.2) is 0 Å². The summed E-state index contributed by atoms with van der Waals surface area (Å²) < 4.78 is 18.5. The number of benzene rings is 1. The van der Waals surface area contributed by atoms with Gasteiger partial charge in [0.2, 0.25) is 0 Å². The lowest BCUT2D eigenvalue weighted by atomic mass is 10.1. The van der Waals surface area contributed by atoms with Crippen LogP contribution in [0.4, 0.5) is 4.39 Å². The van der Waals surface area contributed by atoms with Gasteiger partial charge in [-0.3, -0.25) is 4.79 Å². The summed E-state index contributed by atoms with van der Waals surface area (Å²) in [6, 6.07) is 4.18. The molecule has 1 N–H and O–H groups in total. The van der Waals surface area contributed by atoms with E-state index in [4.69, 9.17) is 16.3 Å². The molecule has 0 heterocycles. The summed E-state index contributed by atoms with van der Waals surface area (Å²) in [7, 11) is 1.45. The van der Waals surface area contributed by atoms with Crippen molar-refractivity contribution >= 4 is 17.5 Å². The van der Waals surface area contributed by atoms with Crippen molar-refractivity contribution in [3.8, 4) is 5.75 Å². The Hall–Kier alpha value is -1.29. The van der Waals surface area contributed by atoms with Crippen LogP contribution in [0.15, 0.2) is 18.2 Å². The molecule has 1 unspecified atom stereocenters. The standard InChI is InChI=1S/C14H19ClFNO2/c1-10(9-15)4-3-7-17-14(18)12-6-5-11(19-2)8-13(12)16/h5-6,8,10H,3-4,7,9H2,1-2H3,(H,17,18). The minimum atomic E-state index is -0.578. The molecule has 3 nitrogen and oxygen atoms in total. The van der Waals surface area contributed by atoms with Crippen molar-refractivity contribution in [2.45, 2.75) is 19.8 Å². The first-order valence-electron chi connectivity index (χ1n) is 6.26. The topological polar surface area (TPSA) is 38.3 Å². The fourth-order valence-electron chi connectivity index (χ4n) is 1.63. The molecule has 1 rings (SSSR count). The Morgan fingerprint density at radius 3 is 2.84 bits per heavy atom. The largest absolute Gasteiger partial charge is 0.497 e. The Morgan fingerprint density at radius 1 is 1.53 bits per heavy atom. The van der Waals surface area contributed by atoms with Crippen LogP contribution in [0.5, 0.6) is 5.75 Å². The monoisotopic (exact) mass is 287 g/mol. The van der Waals surface area contributed by atoms with Gasteiger partial charge in [0, 0.05) is 18.5 Å². The molecule has 0 fully saturated rings. The van der Waals surface area contributed by atoms with E-state index >= 15 is 0 Å². The number of halogens is 2. The molecule has 0 radical (unpaired) electrons. The van der Waals surface area contributed by atoms with E-state index in [1.165, 1.54) is 19.2 Å². The molecule has 0 aliphatic heterocycles. The average Bonchev–Trinajstić information content (AvgIpc) is 2.42. The van der Waals surface area contributed by atoms with Gasteiger partial charge in [0.25, 0.3) is 5.91 Å². The van der Waals surface area contributed by atoms with Gasteiger partial charge in [-0.25, -0.2) is 4.39 Å². The van der Waals surface area contributed by atoms with Crippen molar-refractivity contribution in [1.29, 1.82) is 0 Å². The fraction of sp³-hybridized carbons (Fsp3) is 0.500. The molecule has 0 aliphatic rings. The zero-order chi connectivity index (χ0) is 14.3. The molecule has 1 atom stereocenters. The highest BCUT2D eigenvalue weighted by Gasteiger charge is 2.12. The minimum absolute atomic E-state index is 0.0335. The maximum absolute atomic E-state index is 13.6. The van der Waals surface area contributed by atoms with Crippen LogP contribution in [0.3, 0.4) is 0 Å². The van der Waals surface area contributed by atoms with E-state index in [9.17, 15) is 9.18 Å². The Morgan fingerprint density at radius 2 is 2.26 bits per heavy atom. The second-order valence-electron chi connectivity index (χ2n) is 4.50. The van der Waals surface area contributed by atoms with Crippen LogP contribution >= 0.6 is 11.6 Å². The lowest BCUT2D eigenvalue weighted by molar-refractivity contribution is 0.0948. The predicted octanol–water partition coefficient (Wildman–Crippen LogP) is 3.22. The first-order chi connectivity index (χ1) is 9.08. The minimum Gasteiger partial charge on any atom is -0.497 e. The van der Waals surface area contributed by atoms with Gasteiger partial charge in [0.05, 0.1) is 12.7 Å². The third kappa shape index (κ3) is 5.07. The Bertz CT molecular complexity index is 426. The van der Waals surface area contributed by atoms with E-state index in [0.717, 1.165) is 12.8 Å². The maximum Gasteiger partial charge on any atom is 0.254 e. The Kier molecular flexibility index (Phi) is 6.64. The van der Waals surface area contributed by atoms with Crippen molar-refractivity contribution in [2.24, 2.45) is 5.92 Å². The first-order valence-corrected chi connectivity index (χ1v) is 6.79. The van der Waals surface area contributed by atoms with Crippen LogP contribution < -0.4 is 10.1 Å². The second kappa shape index (κ2) is 8.00. The number of carbonyl (C=O) groups is 1. The Balaban J connectivity index is 2.45. The number of carbonyl (C=O) groups excluding carboxylic acids is 1. The molecule has 1 aromatic rings. The average molecular weight is 288 g/mol. The smallest absolute Gasteiger partial charge is 0.254 e. The van der Waals surface area contributed by atoms with Gasteiger partial charge in [-0.2, -0.15) is 0 Å². The summed E-state index contributed by atoms with van der Waals surface area (Å²) in [6.45, 7) is 2.57. The quantitative estimate of drug-likeness (QED) is 0.618. The zero-order valence-electron chi connectivity index (χ0n) is 11.2. The molecule has 0 saturated carbocycles. The van der Waals surface area contributed by atoms with Crippen molar-refractivity contribution in [3.63, 3.8) is 0 Å². The number of nitrogens with one attached hydrogen (secondary N) is 1. The molecular formula is C14H19ClFNO2. The van der Waals surface area contributed by atoms with Crippen LogP contribution in [0, 0.1) is 11.7 Å².